The Morgan fingerprint density at radius 2 is 0.633 bits per heavy atom. The lowest BCUT2D eigenvalue weighted by Crippen LogP contribution is -2.10. The van der Waals surface area contributed by atoms with E-state index in [-0.39, 0.29) is 21.7 Å². The molecule has 10 aromatic carbocycles. The van der Waals surface area contributed by atoms with Gasteiger partial charge >= 0.3 is 0 Å². The highest BCUT2D eigenvalue weighted by molar-refractivity contribution is 6.11. The molecule has 0 aliphatic rings. The van der Waals surface area contributed by atoms with Crippen molar-refractivity contribution in [2.75, 3.05) is 0 Å². The summed E-state index contributed by atoms with van der Waals surface area (Å²) in [6.07, 6.45) is 0. The van der Waals surface area contributed by atoms with Gasteiger partial charge in [-0.15, -0.1) is 0 Å². The van der Waals surface area contributed by atoms with Crippen molar-refractivity contribution >= 4 is 43.6 Å². The van der Waals surface area contributed by atoms with Crippen LogP contribution in [0.25, 0.3) is 123 Å². The molecule has 13 rings (SSSR count). The molecule has 0 bridgehead atoms. The van der Waals surface area contributed by atoms with Crippen LogP contribution in [0.1, 0.15) is 122 Å². The molecule has 0 atom stereocenters. The van der Waals surface area contributed by atoms with Gasteiger partial charge in [-0.3, -0.25) is 0 Å². The van der Waals surface area contributed by atoms with Crippen LogP contribution in [0.2, 0.25) is 0 Å². The lowest BCUT2D eigenvalue weighted by Gasteiger charge is -2.19. The first-order valence-electron chi connectivity index (χ1n) is 30.8. The van der Waals surface area contributed by atoms with Crippen molar-refractivity contribution < 1.29 is 0 Å². The van der Waals surface area contributed by atoms with Crippen LogP contribution in [0.5, 0.6) is 0 Å². The van der Waals surface area contributed by atoms with E-state index in [1.54, 1.807) is 0 Å². The Balaban J connectivity index is 1.10. The summed E-state index contributed by atoms with van der Waals surface area (Å²) < 4.78 is 4.72. The van der Waals surface area contributed by atoms with Crippen LogP contribution < -0.4 is 0 Å². The van der Waals surface area contributed by atoms with Gasteiger partial charge in [0.25, 0.3) is 0 Å². The Bertz CT molecular complexity index is 4780. The molecule has 0 saturated carbocycles. The van der Waals surface area contributed by atoms with Gasteiger partial charge in [0.05, 0.1) is 57.0 Å². The predicted octanol–water partition coefficient (Wildman–Crippen LogP) is 20.9. The standard InChI is InChI=1S/C82H70N8/c1-79(2,3)61-27-31-72-68(43-61)69-44-62(80(4,5)6)28-32-73(69)89(72)65-39-57(54-20-15-17-50(35-54)47-83)37-59(41-65)77-86-76(53-25-23-52(24-26-53)67-22-14-13-19-56(67)49-85)87-78(88-77)60-38-58(55-21-16-18-51(36-55)48-84)40-66(42-60)90-74-33-29-63(81(7,8)9)45-70(74)71-46-64(82(10,11)12)30-34-75(71)90/h13-46H,1-12H3. The number of fused-ring (bicyclic) bond motifs is 6. The summed E-state index contributed by atoms with van der Waals surface area (Å²) in [7, 11) is 0. The molecule has 0 saturated heterocycles. The summed E-state index contributed by atoms with van der Waals surface area (Å²) in [5, 5.41) is 35.4. The molecule has 0 unspecified atom stereocenters. The quantitative estimate of drug-likeness (QED) is 0.149. The van der Waals surface area contributed by atoms with E-state index in [9.17, 15) is 15.8 Å². The van der Waals surface area contributed by atoms with E-state index in [1.807, 2.05) is 97.1 Å². The lowest BCUT2D eigenvalue weighted by atomic mass is 9.85. The summed E-state index contributed by atoms with van der Waals surface area (Å²) in [6.45, 7) is 27.1. The molecule has 8 nitrogen and oxygen atoms in total. The van der Waals surface area contributed by atoms with Gasteiger partial charge in [0, 0.05) is 49.6 Å². The third-order valence-electron chi connectivity index (χ3n) is 17.6. The van der Waals surface area contributed by atoms with Crippen molar-refractivity contribution in [1.29, 1.82) is 15.8 Å². The first kappa shape index (κ1) is 58.3. The summed E-state index contributed by atoms with van der Waals surface area (Å²) in [4.78, 5) is 16.5. The molecule has 3 aromatic heterocycles. The Hall–Kier alpha value is -10.7. The normalized spacial score (nSPS) is 12.2. The molecule has 3 heterocycles. The van der Waals surface area contributed by atoms with E-state index in [1.165, 1.54) is 22.3 Å². The van der Waals surface area contributed by atoms with Crippen molar-refractivity contribution in [3.8, 4) is 97.1 Å². The van der Waals surface area contributed by atoms with Gasteiger partial charge in [-0.2, -0.15) is 15.8 Å². The van der Waals surface area contributed by atoms with Crippen LogP contribution in [0.4, 0.5) is 0 Å². The summed E-state index contributed by atoms with van der Waals surface area (Å²) >= 11 is 0. The van der Waals surface area contributed by atoms with Crippen molar-refractivity contribution in [3.05, 3.63) is 245 Å². The summed E-state index contributed by atoms with van der Waals surface area (Å²) in [5.74, 6) is 1.34. The van der Waals surface area contributed by atoms with Gasteiger partial charge in [-0.05, 0) is 193 Å². The third kappa shape index (κ3) is 10.8. The van der Waals surface area contributed by atoms with Gasteiger partial charge in [-0.25, -0.2) is 15.0 Å². The van der Waals surface area contributed by atoms with Crippen molar-refractivity contribution in [2.45, 2.75) is 105 Å². The highest BCUT2D eigenvalue weighted by Gasteiger charge is 2.26. The minimum Gasteiger partial charge on any atom is -0.309 e. The Morgan fingerprint density at radius 3 is 0.989 bits per heavy atom. The highest BCUT2D eigenvalue weighted by Crippen LogP contribution is 2.43. The second-order valence-corrected chi connectivity index (χ2v) is 28.1. The number of aromatic nitrogens is 5. The minimum atomic E-state index is -0.0879. The van der Waals surface area contributed by atoms with E-state index < -0.39 is 0 Å². The molecule has 0 radical (unpaired) electrons. The van der Waals surface area contributed by atoms with Gasteiger partial charge in [0.2, 0.25) is 0 Å². The topological polar surface area (TPSA) is 120 Å². The Morgan fingerprint density at radius 1 is 0.289 bits per heavy atom. The van der Waals surface area contributed by atoms with Crippen LogP contribution in [0.3, 0.4) is 0 Å². The van der Waals surface area contributed by atoms with E-state index >= 15 is 0 Å². The number of nitriles is 3. The lowest BCUT2D eigenvalue weighted by molar-refractivity contribution is 0.590. The van der Waals surface area contributed by atoms with Crippen LogP contribution in [0, 0.1) is 34.0 Å². The summed E-state index contributed by atoms with van der Waals surface area (Å²) in [5.41, 5.74) is 19.9. The number of hydrogen-bond acceptors (Lipinski definition) is 6. The largest absolute Gasteiger partial charge is 0.309 e. The molecule has 90 heavy (non-hydrogen) atoms. The number of rotatable bonds is 8. The minimum absolute atomic E-state index is 0.0879. The van der Waals surface area contributed by atoms with Gasteiger partial charge in [0.15, 0.2) is 17.5 Å². The fourth-order valence-corrected chi connectivity index (χ4v) is 12.5. The van der Waals surface area contributed by atoms with E-state index in [2.05, 4.69) is 220 Å². The zero-order valence-electron chi connectivity index (χ0n) is 53.2. The maximum absolute atomic E-state index is 10.3. The zero-order chi connectivity index (χ0) is 63.2. The van der Waals surface area contributed by atoms with Crippen LogP contribution in [-0.4, -0.2) is 24.1 Å². The van der Waals surface area contributed by atoms with Crippen LogP contribution in [-0.2, 0) is 21.7 Å². The number of nitrogens with zero attached hydrogens (tertiary/aromatic N) is 8. The maximum atomic E-state index is 10.3. The van der Waals surface area contributed by atoms with E-state index in [0.717, 1.165) is 105 Å². The second-order valence-electron chi connectivity index (χ2n) is 28.1. The van der Waals surface area contributed by atoms with Gasteiger partial charge in [0.1, 0.15) is 0 Å². The summed E-state index contributed by atoms with van der Waals surface area (Å²) in [6, 6.07) is 78.9. The van der Waals surface area contributed by atoms with Crippen LogP contribution in [0.15, 0.2) is 206 Å². The molecule has 0 aliphatic carbocycles. The number of benzene rings is 10. The fraction of sp³-hybridized carbons (Fsp3) is 0.195. The average Bonchev–Trinajstić information content (AvgIpc) is 1.57. The highest BCUT2D eigenvalue weighted by atomic mass is 15.0. The second kappa shape index (κ2) is 21.8. The van der Waals surface area contributed by atoms with Crippen molar-refractivity contribution in [1.82, 2.24) is 24.1 Å². The first-order chi connectivity index (χ1) is 42.9. The molecule has 0 spiro atoms. The molecule has 0 aliphatic heterocycles. The van der Waals surface area contributed by atoms with Crippen molar-refractivity contribution in [2.24, 2.45) is 0 Å². The molecule has 0 fully saturated rings. The van der Waals surface area contributed by atoms with Crippen molar-refractivity contribution in [3.63, 3.8) is 0 Å². The Kier molecular flexibility index (Phi) is 14.2. The number of hydrogen-bond donors (Lipinski definition) is 0. The van der Waals surface area contributed by atoms with E-state index in [4.69, 9.17) is 15.0 Å². The molecule has 0 N–H and O–H groups in total. The molecular weight excluding hydrogens is 1100 g/mol. The smallest absolute Gasteiger partial charge is 0.164 e. The molecule has 8 heteroatoms. The first-order valence-corrected chi connectivity index (χ1v) is 30.8. The zero-order valence-corrected chi connectivity index (χ0v) is 53.2. The maximum Gasteiger partial charge on any atom is 0.164 e. The SMILES string of the molecule is CC(C)(C)c1ccc2c(c1)c1cc(C(C)(C)C)ccc1n2-c1cc(-c2cccc(C#N)c2)cc(-c2nc(-c3ccc(-c4ccccc4C#N)cc3)nc(-c3cc(-c4cccc(C#N)c4)cc(-n4c5ccc(C(C)(C)C)cc5c5cc(C(C)(C)C)ccc54)c3)n2)c1. The molecule has 13 aromatic rings. The predicted molar refractivity (Wildman–Crippen MR) is 370 cm³/mol. The Labute approximate surface area is 527 Å². The monoisotopic (exact) mass is 1170 g/mol. The fourth-order valence-electron chi connectivity index (χ4n) is 12.5. The van der Waals surface area contributed by atoms with Gasteiger partial charge < -0.3 is 9.13 Å². The van der Waals surface area contributed by atoms with Gasteiger partial charge in [-0.1, -0.05) is 174 Å². The van der Waals surface area contributed by atoms with E-state index in [0.29, 0.717) is 34.2 Å². The molecule has 438 valence electrons. The molecular formula is C82H70N8. The molecule has 0 amide bonds. The average molecular weight is 1170 g/mol. The third-order valence-corrected chi connectivity index (χ3v) is 17.6. The van der Waals surface area contributed by atoms with Crippen LogP contribution >= 0.6 is 0 Å².